The van der Waals surface area contributed by atoms with Gasteiger partial charge in [-0.2, -0.15) is 17.0 Å². The quantitative estimate of drug-likeness (QED) is 0.821. The second kappa shape index (κ2) is 6.08. The molecule has 1 N–H and O–H groups in total. The molecule has 3 unspecified atom stereocenters. The zero-order valence-corrected chi connectivity index (χ0v) is 13.1. The van der Waals surface area contributed by atoms with Crippen LogP contribution in [0.5, 0.6) is 0 Å². The fourth-order valence-electron chi connectivity index (χ4n) is 3.17. The van der Waals surface area contributed by atoms with E-state index in [1.807, 2.05) is 6.92 Å². The fourth-order valence-corrected chi connectivity index (χ4v) is 5.22. The second-order valence-electron chi connectivity index (χ2n) is 6.14. The number of nitrogens with one attached hydrogen (secondary N) is 1. The summed E-state index contributed by atoms with van der Waals surface area (Å²) in [6.07, 6.45) is 2.02. The molecule has 2 saturated heterocycles. The van der Waals surface area contributed by atoms with E-state index in [9.17, 15) is 8.42 Å². The molecule has 0 aliphatic carbocycles. The van der Waals surface area contributed by atoms with Crippen LogP contribution < -0.4 is 5.32 Å². The number of nitrogens with zero attached hydrogens (tertiary/aromatic N) is 2. The molecule has 112 valence electrons. The van der Waals surface area contributed by atoms with Crippen LogP contribution in [0.25, 0.3) is 0 Å². The molecule has 5 nitrogen and oxygen atoms in total. The van der Waals surface area contributed by atoms with Gasteiger partial charge in [-0.25, -0.2) is 0 Å². The maximum Gasteiger partial charge on any atom is 0.282 e. The Morgan fingerprint density at radius 1 is 1.11 bits per heavy atom. The molecule has 6 heteroatoms. The Morgan fingerprint density at radius 3 is 2.58 bits per heavy atom. The van der Waals surface area contributed by atoms with E-state index in [0.717, 1.165) is 25.9 Å². The predicted octanol–water partition coefficient (Wildman–Crippen LogP) is 0.893. The van der Waals surface area contributed by atoms with E-state index in [-0.39, 0.29) is 6.04 Å². The molecule has 0 aromatic rings. The van der Waals surface area contributed by atoms with Crippen LogP contribution in [-0.4, -0.2) is 55.8 Å². The number of rotatable bonds is 2. The number of hydrogen-bond donors (Lipinski definition) is 1. The van der Waals surface area contributed by atoms with Crippen molar-refractivity contribution < 1.29 is 8.42 Å². The Hall–Kier alpha value is -0.170. The maximum atomic E-state index is 12.8. The highest BCUT2D eigenvalue weighted by molar-refractivity contribution is 7.86. The third-order valence-electron chi connectivity index (χ3n) is 4.47. The molecule has 3 atom stereocenters. The highest BCUT2D eigenvalue weighted by Gasteiger charge is 2.39. The molecular formula is C13H27N3O2S. The number of piperidine rings is 1. The molecule has 0 bridgehead atoms. The first-order valence-corrected chi connectivity index (χ1v) is 8.80. The molecule has 0 radical (unpaired) electrons. The molecule has 0 aromatic carbocycles. The smallest absolute Gasteiger partial charge is 0.282 e. The monoisotopic (exact) mass is 289 g/mol. The van der Waals surface area contributed by atoms with Crippen LogP contribution in [0, 0.1) is 11.8 Å². The van der Waals surface area contributed by atoms with E-state index in [1.54, 1.807) is 8.61 Å². The van der Waals surface area contributed by atoms with Crippen LogP contribution in [0.1, 0.15) is 33.6 Å². The average molecular weight is 289 g/mol. The van der Waals surface area contributed by atoms with Crippen molar-refractivity contribution >= 4 is 10.2 Å². The van der Waals surface area contributed by atoms with Crippen LogP contribution in [0.3, 0.4) is 0 Å². The molecular weight excluding hydrogens is 262 g/mol. The van der Waals surface area contributed by atoms with Crippen molar-refractivity contribution in [1.29, 1.82) is 0 Å². The van der Waals surface area contributed by atoms with Crippen LogP contribution in [0.4, 0.5) is 0 Å². The number of hydrogen-bond acceptors (Lipinski definition) is 3. The third kappa shape index (κ3) is 3.29. The van der Waals surface area contributed by atoms with Gasteiger partial charge in [0.15, 0.2) is 0 Å². The normalized spacial score (nSPS) is 36.1. The first-order valence-electron chi connectivity index (χ1n) is 7.40. The molecule has 0 amide bonds. The van der Waals surface area contributed by atoms with Gasteiger partial charge in [-0.15, -0.1) is 0 Å². The summed E-state index contributed by atoms with van der Waals surface area (Å²) >= 11 is 0. The zero-order chi connectivity index (χ0) is 14.0. The molecule has 19 heavy (non-hydrogen) atoms. The van der Waals surface area contributed by atoms with Gasteiger partial charge in [0.2, 0.25) is 0 Å². The SMILES string of the molecule is CC1CC(C)C(C)N(S(=O)(=O)N2CCCNCC2)C1. The molecule has 2 aliphatic rings. The lowest BCUT2D eigenvalue weighted by atomic mass is 9.88. The van der Waals surface area contributed by atoms with Crippen molar-refractivity contribution in [2.45, 2.75) is 39.7 Å². The van der Waals surface area contributed by atoms with Crippen molar-refractivity contribution in [2.75, 3.05) is 32.7 Å². The molecule has 0 aromatic heterocycles. The Bertz CT molecular complexity index is 391. The Labute approximate surface area is 117 Å². The fraction of sp³-hybridized carbons (Fsp3) is 1.00. The van der Waals surface area contributed by atoms with Gasteiger partial charge >= 0.3 is 0 Å². The van der Waals surface area contributed by atoms with E-state index in [4.69, 9.17) is 0 Å². The van der Waals surface area contributed by atoms with E-state index >= 15 is 0 Å². The van der Waals surface area contributed by atoms with Gasteiger partial charge in [-0.05, 0) is 38.1 Å². The maximum absolute atomic E-state index is 12.8. The molecule has 2 rings (SSSR count). The predicted molar refractivity (Wildman–Crippen MR) is 77.1 cm³/mol. The minimum Gasteiger partial charge on any atom is -0.315 e. The summed E-state index contributed by atoms with van der Waals surface area (Å²) in [6, 6.07) is 0.109. The van der Waals surface area contributed by atoms with Crippen molar-refractivity contribution in [3.05, 3.63) is 0 Å². The van der Waals surface area contributed by atoms with Crippen molar-refractivity contribution in [3.8, 4) is 0 Å². The lowest BCUT2D eigenvalue weighted by Gasteiger charge is -2.42. The zero-order valence-electron chi connectivity index (χ0n) is 12.3. The van der Waals surface area contributed by atoms with Gasteiger partial charge < -0.3 is 5.32 Å². The molecule has 2 heterocycles. The Kier molecular flexibility index (Phi) is 4.87. The van der Waals surface area contributed by atoms with Gasteiger partial charge in [0.05, 0.1) is 0 Å². The van der Waals surface area contributed by atoms with Crippen molar-refractivity contribution in [2.24, 2.45) is 11.8 Å². The average Bonchev–Trinajstić information content (AvgIpc) is 2.62. The summed E-state index contributed by atoms with van der Waals surface area (Å²) in [4.78, 5) is 0. The van der Waals surface area contributed by atoms with Gasteiger partial charge in [0, 0.05) is 32.2 Å². The Balaban J connectivity index is 2.17. The lowest BCUT2D eigenvalue weighted by Crippen LogP contribution is -2.54. The summed E-state index contributed by atoms with van der Waals surface area (Å²) in [6.45, 7) is 9.92. The molecule has 0 spiro atoms. The molecule has 2 aliphatic heterocycles. The minimum absolute atomic E-state index is 0.109. The van der Waals surface area contributed by atoms with Crippen LogP contribution in [0.2, 0.25) is 0 Å². The first-order chi connectivity index (χ1) is 8.93. The van der Waals surface area contributed by atoms with E-state index in [2.05, 4.69) is 19.2 Å². The van der Waals surface area contributed by atoms with Gasteiger partial charge in [-0.1, -0.05) is 13.8 Å². The summed E-state index contributed by atoms with van der Waals surface area (Å²) in [5.74, 6) is 0.884. The summed E-state index contributed by atoms with van der Waals surface area (Å²) in [7, 11) is -3.30. The second-order valence-corrected chi connectivity index (χ2v) is 8.02. The van der Waals surface area contributed by atoms with E-state index < -0.39 is 10.2 Å². The van der Waals surface area contributed by atoms with Gasteiger partial charge in [0.25, 0.3) is 10.2 Å². The van der Waals surface area contributed by atoms with Crippen LogP contribution in [0.15, 0.2) is 0 Å². The Morgan fingerprint density at radius 2 is 1.84 bits per heavy atom. The standard InChI is InChI=1S/C13H27N3O2S/c1-11-9-12(2)13(3)16(10-11)19(17,18)15-7-4-5-14-6-8-15/h11-14H,4-10H2,1-3H3. The summed E-state index contributed by atoms with van der Waals surface area (Å²) in [5, 5.41) is 3.26. The molecule has 2 fully saturated rings. The highest BCUT2D eigenvalue weighted by Crippen LogP contribution is 2.30. The van der Waals surface area contributed by atoms with E-state index in [1.165, 1.54) is 0 Å². The first kappa shape index (κ1) is 15.2. The van der Waals surface area contributed by atoms with E-state index in [0.29, 0.717) is 31.5 Å². The summed E-state index contributed by atoms with van der Waals surface area (Å²) in [5.41, 5.74) is 0. The van der Waals surface area contributed by atoms with Crippen molar-refractivity contribution in [3.63, 3.8) is 0 Å². The van der Waals surface area contributed by atoms with Gasteiger partial charge in [-0.3, -0.25) is 0 Å². The highest BCUT2D eigenvalue weighted by atomic mass is 32.2. The third-order valence-corrected chi connectivity index (χ3v) is 6.56. The molecule has 0 saturated carbocycles. The van der Waals surface area contributed by atoms with Crippen LogP contribution >= 0.6 is 0 Å². The minimum atomic E-state index is -3.30. The summed E-state index contributed by atoms with van der Waals surface area (Å²) < 4.78 is 29.0. The lowest BCUT2D eigenvalue weighted by molar-refractivity contribution is 0.148. The van der Waals surface area contributed by atoms with Crippen LogP contribution in [-0.2, 0) is 10.2 Å². The van der Waals surface area contributed by atoms with Gasteiger partial charge in [0.1, 0.15) is 0 Å². The topological polar surface area (TPSA) is 52.7 Å². The largest absolute Gasteiger partial charge is 0.315 e. The van der Waals surface area contributed by atoms with Crippen molar-refractivity contribution in [1.82, 2.24) is 13.9 Å².